The van der Waals surface area contributed by atoms with Crippen molar-refractivity contribution >= 4 is 23.4 Å². The van der Waals surface area contributed by atoms with E-state index in [1.807, 2.05) is 44.1 Å². The van der Waals surface area contributed by atoms with Gasteiger partial charge in [0, 0.05) is 61.8 Å². The quantitative estimate of drug-likeness (QED) is 0.583. The number of likely N-dealkylation sites (tertiary alicyclic amines) is 1. The summed E-state index contributed by atoms with van der Waals surface area (Å²) in [4.78, 5) is 22.7. The highest BCUT2D eigenvalue weighted by molar-refractivity contribution is 6.10. The lowest BCUT2D eigenvalue weighted by Gasteiger charge is -2.20. The van der Waals surface area contributed by atoms with Crippen LogP contribution < -0.4 is 16.0 Å². The lowest BCUT2D eigenvalue weighted by molar-refractivity contribution is -0.128. The van der Waals surface area contributed by atoms with Crippen molar-refractivity contribution in [3.05, 3.63) is 47.0 Å². The first kappa shape index (κ1) is 21.1. The van der Waals surface area contributed by atoms with Gasteiger partial charge in [-0.05, 0) is 56.8 Å². The van der Waals surface area contributed by atoms with Gasteiger partial charge in [-0.1, -0.05) is 0 Å². The molecule has 1 saturated carbocycles. The van der Waals surface area contributed by atoms with Gasteiger partial charge < -0.3 is 26.3 Å². The second kappa shape index (κ2) is 8.53. The summed E-state index contributed by atoms with van der Waals surface area (Å²) in [5, 5.41) is 18.2. The SMILES string of the molecule is CN/C(C)=C1/C=CC(Nc2ncc(C)c(NC3CC4CN(C(C)=O)CC4C3)n2)=CC1=N. The first-order chi connectivity index (χ1) is 14.8. The lowest BCUT2D eigenvalue weighted by Crippen LogP contribution is -2.29. The molecule has 1 aromatic rings. The minimum Gasteiger partial charge on any atom is -0.391 e. The molecule has 164 valence electrons. The molecule has 0 bridgehead atoms. The molecule has 31 heavy (non-hydrogen) atoms. The number of carbonyl (C=O) groups excluding carboxylic acids is 1. The van der Waals surface area contributed by atoms with Gasteiger partial charge in [-0.3, -0.25) is 4.79 Å². The number of hydrogen-bond donors (Lipinski definition) is 4. The van der Waals surface area contributed by atoms with E-state index in [0.717, 1.165) is 54.3 Å². The van der Waals surface area contributed by atoms with Crippen LogP contribution >= 0.6 is 0 Å². The van der Waals surface area contributed by atoms with Crippen molar-refractivity contribution in [3.8, 4) is 0 Å². The van der Waals surface area contributed by atoms with Gasteiger partial charge in [0.25, 0.3) is 0 Å². The molecule has 8 heteroatoms. The average Bonchev–Trinajstić information content (AvgIpc) is 3.29. The maximum atomic E-state index is 11.6. The molecule has 2 fully saturated rings. The minimum absolute atomic E-state index is 0.184. The number of fused-ring (bicyclic) bond motifs is 1. The fourth-order valence-corrected chi connectivity index (χ4v) is 4.73. The number of aromatic nitrogens is 2. The van der Waals surface area contributed by atoms with Gasteiger partial charge in [-0.25, -0.2) is 4.98 Å². The summed E-state index contributed by atoms with van der Waals surface area (Å²) in [6.45, 7) is 7.38. The summed E-state index contributed by atoms with van der Waals surface area (Å²) in [5.41, 5.74) is 4.06. The van der Waals surface area contributed by atoms with Crippen molar-refractivity contribution in [1.82, 2.24) is 20.2 Å². The van der Waals surface area contributed by atoms with Gasteiger partial charge in [0.15, 0.2) is 0 Å². The monoisotopic (exact) mass is 421 g/mol. The Labute approximate surface area is 183 Å². The number of carbonyl (C=O) groups is 1. The summed E-state index contributed by atoms with van der Waals surface area (Å²) < 4.78 is 0. The van der Waals surface area contributed by atoms with Crippen LogP contribution in [0.25, 0.3) is 0 Å². The average molecular weight is 422 g/mol. The van der Waals surface area contributed by atoms with Crippen LogP contribution in [0, 0.1) is 24.2 Å². The van der Waals surface area contributed by atoms with E-state index in [0.29, 0.717) is 29.5 Å². The Morgan fingerprint density at radius 1 is 1.19 bits per heavy atom. The molecule has 2 atom stereocenters. The number of nitrogens with zero attached hydrogens (tertiary/aromatic N) is 3. The third-order valence-electron chi connectivity index (χ3n) is 6.56. The number of aryl methyl sites for hydroxylation is 1. The highest BCUT2D eigenvalue weighted by Gasteiger charge is 2.41. The van der Waals surface area contributed by atoms with Crippen molar-refractivity contribution in [2.75, 3.05) is 30.8 Å². The predicted octanol–water partition coefficient (Wildman–Crippen LogP) is 2.83. The standard InChI is InChI=1S/C23H31N7O/c1-13-10-26-23(28-18-5-6-20(14(2)25-4)21(24)9-18)29-22(13)27-19-7-16-11-30(15(3)31)12-17(16)8-19/h5-6,9-10,16-17,19,24-25H,7-8,11-12H2,1-4H3,(H2,26,27,28,29)/b20-14-,24-21?. The Hall–Kier alpha value is -3.16. The van der Waals surface area contributed by atoms with E-state index in [9.17, 15) is 4.79 Å². The fourth-order valence-electron chi connectivity index (χ4n) is 4.73. The number of amides is 1. The van der Waals surface area contributed by atoms with Crippen LogP contribution in [0.5, 0.6) is 0 Å². The zero-order valence-corrected chi connectivity index (χ0v) is 18.6. The van der Waals surface area contributed by atoms with Crippen molar-refractivity contribution < 1.29 is 4.79 Å². The molecule has 2 aliphatic carbocycles. The largest absolute Gasteiger partial charge is 0.391 e. The number of nitrogens with one attached hydrogen (secondary N) is 4. The van der Waals surface area contributed by atoms with E-state index in [2.05, 4.69) is 20.9 Å². The van der Waals surface area contributed by atoms with Gasteiger partial charge in [-0.15, -0.1) is 0 Å². The highest BCUT2D eigenvalue weighted by Crippen LogP contribution is 2.39. The first-order valence-corrected chi connectivity index (χ1v) is 10.8. The Bertz CT molecular complexity index is 980. The smallest absolute Gasteiger partial charge is 0.229 e. The first-order valence-electron chi connectivity index (χ1n) is 10.8. The normalized spacial score (nSPS) is 26.5. The molecule has 0 aromatic carbocycles. The molecular formula is C23H31N7O. The number of anilines is 2. The van der Waals surface area contributed by atoms with Crippen LogP contribution in [0.3, 0.4) is 0 Å². The van der Waals surface area contributed by atoms with Crippen LogP contribution in [0.4, 0.5) is 11.8 Å². The van der Waals surface area contributed by atoms with Gasteiger partial charge in [0.1, 0.15) is 5.82 Å². The Morgan fingerprint density at radius 2 is 1.90 bits per heavy atom. The molecule has 1 aromatic heterocycles. The molecule has 1 amide bonds. The molecule has 2 heterocycles. The summed E-state index contributed by atoms with van der Waals surface area (Å²) in [6, 6.07) is 0.366. The van der Waals surface area contributed by atoms with Gasteiger partial charge in [-0.2, -0.15) is 4.98 Å². The Kier molecular flexibility index (Phi) is 5.80. The van der Waals surface area contributed by atoms with Crippen molar-refractivity contribution in [1.29, 1.82) is 5.41 Å². The topological polar surface area (TPSA) is 106 Å². The van der Waals surface area contributed by atoms with E-state index in [-0.39, 0.29) is 5.91 Å². The number of hydrogen-bond acceptors (Lipinski definition) is 7. The van der Waals surface area contributed by atoms with Crippen LogP contribution in [-0.4, -0.2) is 52.7 Å². The van der Waals surface area contributed by atoms with Crippen LogP contribution in [-0.2, 0) is 4.79 Å². The zero-order valence-electron chi connectivity index (χ0n) is 18.6. The van der Waals surface area contributed by atoms with Crippen molar-refractivity contribution in [3.63, 3.8) is 0 Å². The third-order valence-corrected chi connectivity index (χ3v) is 6.56. The van der Waals surface area contributed by atoms with E-state index < -0.39 is 0 Å². The molecule has 2 unspecified atom stereocenters. The van der Waals surface area contributed by atoms with Crippen molar-refractivity contribution in [2.45, 2.75) is 39.7 Å². The summed E-state index contributed by atoms with van der Waals surface area (Å²) in [7, 11) is 1.85. The Balaban J connectivity index is 1.41. The maximum Gasteiger partial charge on any atom is 0.229 e. The molecule has 8 nitrogen and oxygen atoms in total. The summed E-state index contributed by atoms with van der Waals surface area (Å²) in [5.74, 6) is 2.69. The number of allylic oxidation sites excluding steroid dienone is 5. The van der Waals surface area contributed by atoms with Crippen molar-refractivity contribution in [2.24, 2.45) is 11.8 Å². The van der Waals surface area contributed by atoms with Gasteiger partial charge in [0.05, 0.1) is 5.71 Å². The molecule has 4 N–H and O–H groups in total. The lowest BCUT2D eigenvalue weighted by atomic mass is 10.0. The predicted molar refractivity (Wildman–Crippen MR) is 123 cm³/mol. The van der Waals surface area contributed by atoms with E-state index in [1.54, 1.807) is 13.0 Å². The minimum atomic E-state index is 0.184. The Morgan fingerprint density at radius 3 is 2.52 bits per heavy atom. The zero-order chi connectivity index (χ0) is 22.1. The molecule has 0 spiro atoms. The number of rotatable bonds is 5. The second-order valence-corrected chi connectivity index (χ2v) is 8.74. The molecule has 4 rings (SSSR count). The van der Waals surface area contributed by atoms with E-state index in [1.165, 1.54) is 0 Å². The molecular weight excluding hydrogens is 390 g/mol. The van der Waals surface area contributed by atoms with Gasteiger partial charge in [0.2, 0.25) is 11.9 Å². The molecule has 3 aliphatic rings. The van der Waals surface area contributed by atoms with Gasteiger partial charge >= 0.3 is 0 Å². The second-order valence-electron chi connectivity index (χ2n) is 8.74. The molecule has 1 saturated heterocycles. The van der Waals surface area contributed by atoms with E-state index in [4.69, 9.17) is 10.4 Å². The highest BCUT2D eigenvalue weighted by atomic mass is 16.2. The van der Waals surface area contributed by atoms with E-state index >= 15 is 0 Å². The fraction of sp³-hybridized carbons (Fsp3) is 0.478. The van der Waals surface area contributed by atoms with Crippen LogP contribution in [0.15, 0.2) is 41.4 Å². The molecule has 0 radical (unpaired) electrons. The molecule has 1 aliphatic heterocycles. The van der Waals surface area contributed by atoms with Crippen LogP contribution in [0.1, 0.15) is 32.3 Å². The third kappa shape index (κ3) is 4.47. The summed E-state index contributed by atoms with van der Waals surface area (Å²) in [6.07, 6.45) is 9.58. The van der Waals surface area contributed by atoms with Crippen LogP contribution in [0.2, 0.25) is 0 Å². The summed E-state index contributed by atoms with van der Waals surface area (Å²) >= 11 is 0. The maximum absolute atomic E-state index is 11.6.